The maximum Gasteiger partial charge on any atom is 0.324 e. The Morgan fingerprint density at radius 3 is 2.22 bits per heavy atom. The lowest BCUT2D eigenvalue weighted by atomic mass is 10.1. The number of carbonyl (C=O) groups is 3. The molecule has 1 atom stereocenters. The summed E-state index contributed by atoms with van der Waals surface area (Å²) in [6.45, 7) is 1.13. The van der Waals surface area contributed by atoms with Crippen molar-refractivity contribution in [1.82, 2.24) is 4.31 Å². The fourth-order valence-corrected chi connectivity index (χ4v) is 5.57. The third-order valence-electron chi connectivity index (χ3n) is 5.35. The average molecular weight is 476 g/mol. The number of piperidine rings is 1. The zero-order valence-corrected chi connectivity index (χ0v) is 19.6. The molecule has 1 saturated heterocycles. The molecule has 0 N–H and O–H groups in total. The van der Waals surface area contributed by atoms with Crippen LogP contribution in [0.4, 0.5) is 0 Å². The number of ether oxygens (including phenoxy) is 1. The van der Waals surface area contributed by atoms with Gasteiger partial charge in [-0.05, 0) is 56.7 Å². The van der Waals surface area contributed by atoms with E-state index in [9.17, 15) is 22.8 Å². The van der Waals surface area contributed by atoms with E-state index in [1.165, 1.54) is 31.2 Å². The van der Waals surface area contributed by atoms with Gasteiger partial charge in [0.25, 0.3) is 0 Å². The van der Waals surface area contributed by atoms with Crippen LogP contribution in [-0.4, -0.2) is 55.7 Å². The van der Waals surface area contributed by atoms with Crippen LogP contribution in [0.5, 0.6) is 0 Å². The number of sulfonamides is 1. The van der Waals surface area contributed by atoms with Gasteiger partial charge >= 0.3 is 5.97 Å². The van der Waals surface area contributed by atoms with Gasteiger partial charge in [-0.3, -0.25) is 14.4 Å². The van der Waals surface area contributed by atoms with Gasteiger partial charge in [-0.2, -0.15) is 4.31 Å². The topological polar surface area (TPSA) is 97.8 Å². The Morgan fingerprint density at radius 1 is 1.00 bits per heavy atom. The fraction of sp³-hybridized carbons (Fsp3) is 0.348. The molecule has 0 spiro atoms. The minimum absolute atomic E-state index is 0.00663. The first kappa shape index (κ1) is 24.2. The van der Waals surface area contributed by atoms with Crippen molar-refractivity contribution in [3.8, 4) is 0 Å². The molecule has 1 unspecified atom stereocenters. The molecule has 0 bridgehead atoms. The molecule has 1 aliphatic heterocycles. The standard InChI is InChI=1S/C23H25NO6S2/c1-16(25)17-8-12-20(13-9-17)32(28,29)24-14-4-3-5-21(24)23(27)30-15-22(26)18-6-10-19(31-2)11-7-18/h6-13,21H,3-5,14-15H2,1-2H3. The molecule has 2 aromatic carbocycles. The number of hydrogen-bond acceptors (Lipinski definition) is 7. The van der Waals surface area contributed by atoms with E-state index in [1.54, 1.807) is 23.9 Å². The van der Waals surface area contributed by atoms with Crippen LogP contribution in [0.15, 0.2) is 58.3 Å². The number of nitrogens with zero attached hydrogens (tertiary/aromatic N) is 1. The zero-order chi connectivity index (χ0) is 23.3. The number of hydrogen-bond donors (Lipinski definition) is 0. The summed E-state index contributed by atoms with van der Waals surface area (Å²) < 4.78 is 32.7. The van der Waals surface area contributed by atoms with Crippen molar-refractivity contribution in [3.63, 3.8) is 0 Å². The maximum absolute atomic E-state index is 13.2. The third-order valence-corrected chi connectivity index (χ3v) is 8.02. The Bertz CT molecular complexity index is 1090. The number of Topliss-reactive ketones (excluding diaryl/α,β-unsaturated/α-hetero) is 2. The predicted molar refractivity (Wildman–Crippen MR) is 121 cm³/mol. The number of carbonyl (C=O) groups excluding carboxylic acids is 3. The van der Waals surface area contributed by atoms with Gasteiger partial charge in [0.05, 0.1) is 4.90 Å². The summed E-state index contributed by atoms with van der Waals surface area (Å²) >= 11 is 1.55. The molecular formula is C23H25NO6S2. The quantitative estimate of drug-likeness (QED) is 0.327. The molecule has 7 nitrogen and oxygen atoms in total. The minimum atomic E-state index is -3.96. The molecule has 170 valence electrons. The molecule has 9 heteroatoms. The zero-order valence-electron chi connectivity index (χ0n) is 17.9. The third kappa shape index (κ3) is 5.46. The Labute approximate surface area is 192 Å². The Hall–Kier alpha value is -2.49. The first-order chi connectivity index (χ1) is 15.2. The second kappa shape index (κ2) is 10.4. The van der Waals surface area contributed by atoms with Crippen LogP contribution < -0.4 is 0 Å². The van der Waals surface area contributed by atoms with Gasteiger partial charge in [0.1, 0.15) is 6.04 Å². The molecule has 0 aliphatic carbocycles. The molecule has 2 aromatic rings. The largest absolute Gasteiger partial charge is 0.456 e. The fourth-order valence-electron chi connectivity index (χ4n) is 3.52. The summed E-state index contributed by atoms with van der Waals surface area (Å²) in [7, 11) is -3.96. The van der Waals surface area contributed by atoms with Crippen LogP contribution in [-0.2, 0) is 19.6 Å². The van der Waals surface area contributed by atoms with Crippen LogP contribution in [0, 0.1) is 0 Å². The molecule has 0 aromatic heterocycles. The lowest BCUT2D eigenvalue weighted by Crippen LogP contribution is -2.48. The monoisotopic (exact) mass is 475 g/mol. The van der Waals surface area contributed by atoms with Gasteiger partial charge in [-0.25, -0.2) is 8.42 Å². The first-order valence-electron chi connectivity index (χ1n) is 10.2. The van der Waals surface area contributed by atoms with Crippen LogP contribution in [0.25, 0.3) is 0 Å². The molecule has 0 saturated carbocycles. The highest BCUT2D eigenvalue weighted by molar-refractivity contribution is 7.98. The van der Waals surface area contributed by atoms with Crippen molar-refractivity contribution in [1.29, 1.82) is 0 Å². The molecule has 3 rings (SSSR count). The second-order valence-electron chi connectivity index (χ2n) is 7.47. The average Bonchev–Trinajstić information content (AvgIpc) is 2.82. The van der Waals surface area contributed by atoms with E-state index in [0.717, 1.165) is 9.20 Å². The van der Waals surface area contributed by atoms with E-state index in [1.807, 2.05) is 18.4 Å². The summed E-state index contributed by atoms with van der Waals surface area (Å²) in [5.74, 6) is -1.25. The number of esters is 1. The van der Waals surface area contributed by atoms with Crippen molar-refractivity contribution < 1.29 is 27.5 Å². The SMILES string of the molecule is CSc1ccc(C(=O)COC(=O)C2CCCCN2S(=O)(=O)c2ccc(C(C)=O)cc2)cc1. The summed E-state index contributed by atoms with van der Waals surface area (Å²) in [6.07, 6.45) is 3.55. The summed E-state index contributed by atoms with van der Waals surface area (Å²) in [6, 6.07) is 11.6. The van der Waals surface area contributed by atoms with E-state index in [-0.39, 0.29) is 23.0 Å². The van der Waals surface area contributed by atoms with Crippen molar-refractivity contribution in [2.45, 2.75) is 42.0 Å². The lowest BCUT2D eigenvalue weighted by molar-refractivity contribution is -0.148. The Balaban J connectivity index is 1.71. The van der Waals surface area contributed by atoms with Gasteiger partial charge in [0.15, 0.2) is 18.2 Å². The van der Waals surface area contributed by atoms with Crippen molar-refractivity contribution in [2.75, 3.05) is 19.4 Å². The van der Waals surface area contributed by atoms with E-state index < -0.39 is 28.6 Å². The predicted octanol–water partition coefficient (Wildman–Crippen LogP) is 3.58. The van der Waals surface area contributed by atoms with E-state index >= 15 is 0 Å². The molecule has 0 radical (unpaired) electrons. The van der Waals surface area contributed by atoms with Gasteiger partial charge in [-0.1, -0.05) is 24.3 Å². The Kier molecular flexibility index (Phi) is 7.86. The lowest BCUT2D eigenvalue weighted by Gasteiger charge is -2.33. The minimum Gasteiger partial charge on any atom is -0.456 e. The normalized spacial score (nSPS) is 17.0. The summed E-state index contributed by atoms with van der Waals surface area (Å²) in [5.41, 5.74) is 0.830. The van der Waals surface area contributed by atoms with Crippen LogP contribution in [0.1, 0.15) is 46.9 Å². The Morgan fingerprint density at radius 2 is 1.62 bits per heavy atom. The highest BCUT2D eigenvalue weighted by atomic mass is 32.2. The van der Waals surface area contributed by atoms with Crippen molar-refractivity contribution >= 4 is 39.3 Å². The maximum atomic E-state index is 13.2. The smallest absolute Gasteiger partial charge is 0.324 e. The number of ketones is 2. The molecule has 1 heterocycles. The van der Waals surface area contributed by atoms with E-state index in [4.69, 9.17) is 4.74 Å². The van der Waals surface area contributed by atoms with Crippen LogP contribution in [0.2, 0.25) is 0 Å². The first-order valence-corrected chi connectivity index (χ1v) is 12.9. The molecule has 32 heavy (non-hydrogen) atoms. The number of benzene rings is 2. The van der Waals surface area contributed by atoms with Crippen LogP contribution in [0.3, 0.4) is 0 Å². The van der Waals surface area contributed by atoms with E-state index in [0.29, 0.717) is 30.4 Å². The molecule has 1 fully saturated rings. The van der Waals surface area contributed by atoms with Gasteiger partial charge in [0.2, 0.25) is 10.0 Å². The van der Waals surface area contributed by atoms with Crippen molar-refractivity contribution in [2.24, 2.45) is 0 Å². The van der Waals surface area contributed by atoms with Gasteiger partial charge < -0.3 is 4.74 Å². The second-order valence-corrected chi connectivity index (χ2v) is 10.2. The highest BCUT2D eigenvalue weighted by Gasteiger charge is 2.38. The highest BCUT2D eigenvalue weighted by Crippen LogP contribution is 2.26. The van der Waals surface area contributed by atoms with Gasteiger partial charge in [-0.15, -0.1) is 11.8 Å². The summed E-state index contributed by atoms with van der Waals surface area (Å²) in [5, 5.41) is 0. The number of rotatable bonds is 8. The van der Waals surface area contributed by atoms with Gasteiger partial charge in [0, 0.05) is 22.6 Å². The molecule has 1 aliphatic rings. The number of thioether (sulfide) groups is 1. The molecule has 0 amide bonds. The van der Waals surface area contributed by atoms with E-state index in [2.05, 4.69) is 0 Å². The summed E-state index contributed by atoms with van der Waals surface area (Å²) in [4.78, 5) is 37.6. The van der Waals surface area contributed by atoms with Crippen molar-refractivity contribution in [3.05, 3.63) is 59.7 Å². The van der Waals surface area contributed by atoms with Crippen LogP contribution >= 0.6 is 11.8 Å². The molecular weight excluding hydrogens is 450 g/mol.